The zero-order valence-electron chi connectivity index (χ0n) is 16.1. The molecule has 0 radical (unpaired) electrons. The lowest BCUT2D eigenvalue weighted by Crippen LogP contribution is -3.16. The second-order valence-electron chi connectivity index (χ2n) is 8.23. The van der Waals surface area contributed by atoms with Crippen LogP contribution in [0.3, 0.4) is 0 Å². The summed E-state index contributed by atoms with van der Waals surface area (Å²) in [4.78, 5) is 13.7. The van der Waals surface area contributed by atoms with Crippen molar-refractivity contribution in [2.75, 3.05) is 26.4 Å². The molecule has 1 unspecified atom stereocenters. The SMILES string of the molecule is CCCNC(=O)C[NH+]1CC[C@]2(O)CCCC[C@@H]2[C@H]1c1ccc2c(c1)OCO2. The normalized spacial score (nSPS) is 32.0. The third-order valence-electron chi connectivity index (χ3n) is 6.50. The van der Waals surface area contributed by atoms with Crippen LogP contribution < -0.4 is 19.7 Å². The maximum Gasteiger partial charge on any atom is 0.275 e. The van der Waals surface area contributed by atoms with Gasteiger partial charge in [-0.1, -0.05) is 19.8 Å². The standard InChI is InChI=1S/C21H30N2O4/c1-2-10-22-19(24)13-23-11-9-21(25)8-4-3-5-16(21)20(23)15-6-7-17-18(12-15)27-14-26-17/h6-7,12,16,20,25H,2-5,8-11,13-14H2,1H3,(H,22,24)/p+1/t16-,20-,21-/m1/s1. The molecule has 1 aromatic carbocycles. The number of aliphatic hydroxyl groups is 1. The predicted molar refractivity (Wildman–Crippen MR) is 101 cm³/mol. The highest BCUT2D eigenvalue weighted by Gasteiger charge is 2.52. The number of carbonyl (C=O) groups is 1. The fraction of sp³-hybridized carbons (Fsp3) is 0.667. The summed E-state index contributed by atoms with van der Waals surface area (Å²) in [6, 6.07) is 6.20. The molecule has 4 rings (SSSR count). The van der Waals surface area contributed by atoms with Crippen LogP contribution in [0.4, 0.5) is 0 Å². The van der Waals surface area contributed by atoms with Gasteiger partial charge in [0.05, 0.1) is 12.1 Å². The van der Waals surface area contributed by atoms with Gasteiger partial charge in [-0.2, -0.15) is 0 Å². The Morgan fingerprint density at radius 1 is 1.30 bits per heavy atom. The number of rotatable bonds is 5. The number of benzene rings is 1. The molecule has 0 bridgehead atoms. The molecular weight excluding hydrogens is 344 g/mol. The van der Waals surface area contributed by atoms with Crippen molar-refractivity contribution in [3.8, 4) is 11.5 Å². The highest BCUT2D eigenvalue weighted by molar-refractivity contribution is 5.76. The highest BCUT2D eigenvalue weighted by atomic mass is 16.7. The van der Waals surface area contributed by atoms with Gasteiger partial charge in [0.2, 0.25) is 6.79 Å². The first-order chi connectivity index (χ1) is 13.1. The first kappa shape index (κ1) is 18.6. The number of hydrogen-bond donors (Lipinski definition) is 3. The Labute approximate surface area is 160 Å². The van der Waals surface area contributed by atoms with Gasteiger partial charge < -0.3 is 24.8 Å². The van der Waals surface area contributed by atoms with Gasteiger partial charge in [-0.25, -0.2) is 0 Å². The summed E-state index contributed by atoms with van der Waals surface area (Å²) >= 11 is 0. The van der Waals surface area contributed by atoms with E-state index in [1.807, 2.05) is 6.07 Å². The van der Waals surface area contributed by atoms with Crippen molar-refractivity contribution in [3.63, 3.8) is 0 Å². The monoisotopic (exact) mass is 375 g/mol. The number of likely N-dealkylation sites (tertiary alicyclic amines) is 1. The average Bonchev–Trinajstić information content (AvgIpc) is 3.14. The quantitative estimate of drug-likeness (QED) is 0.723. The average molecular weight is 375 g/mol. The van der Waals surface area contributed by atoms with E-state index in [4.69, 9.17) is 9.47 Å². The minimum Gasteiger partial charge on any atom is -0.454 e. The molecule has 27 heavy (non-hydrogen) atoms. The summed E-state index contributed by atoms with van der Waals surface area (Å²) in [7, 11) is 0. The van der Waals surface area contributed by atoms with E-state index in [2.05, 4.69) is 24.4 Å². The van der Waals surface area contributed by atoms with Gasteiger partial charge in [-0.3, -0.25) is 4.79 Å². The van der Waals surface area contributed by atoms with E-state index in [9.17, 15) is 9.90 Å². The van der Waals surface area contributed by atoms with Gasteiger partial charge in [0.1, 0.15) is 6.04 Å². The third-order valence-corrected chi connectivity index (χ3v) is 6.50. The van der Waals surface area contributed by atoms with Crippen molar-refractivity contribution >= 4 is 5.91 Å². The van der Waals surface area contributed by atoms with E-state index >= 15 is 0 Å². The molecule has 1 aliphatic carbocycles. The van der Waals surface area contributed by atoms with Gasteiger partial charge in [-0.05, 0) is 37.5 Å². The maximum atomic E-state index is 12.4. The Hall–Kier alpha value is -1.79. The second kappa shape index (κ2) is 7.68. The summed E-state index contributed by atoms with van der Waals surface area (Å²) in [5.41, 5.74) is 0.533. The topological polar surface area (TPSA) is 72.2 Å². The Balaban J connectivity index is 1.63. The first-order valence-electron chi connectivity index (χ1n) is 10.3. The van der Waals surface area contributed by atoms with Crippen LogP contribution >= 0.6 is 0 Å². The van der Waals surface area contributed by atoms with E-state index < -0.39 is 5.60 Å². The zero-order valence-corrected chi connectivity index (χ0v) is 16.1. The Bertz CT molecular complexity index is 695. The van der Waals surface area contributed by atoms with Gasteiger partial charge >= 0.3 is 0 Å². The van der Waals surface area contributed by atoms with E-state index in [0.29, 0.717) is 13.1 Å². The number of piperidine rings is 1. The molecule has 0 spiro atoms. The molecule has 6 nitrogen and oxygen atoms in total. The lowest BCUT2D eigenvalue weighted by molar-refractivity contribution is -0.937. The van der Waals surface area contributed by atoms with E-state index in [1.54, 1.807) is 0 Å². The highest BCUT2D eigenvalue weighted by Crippen LogP contribution is 2.45. The van der Waals surface area contributed by atoms with Crippen LogP contribution in [0.1, 0.15) is 57.1 Å². The summed E-state index contributed by atoms with van der Waals surface area (Å²) in [6.45, 7) is 4.30. The number of fused-ring (bicyclic) bond motifs is 2. The van der Waals surface area contributed by atoms with Crippen LogP contribution in [0.15, 0.2) is 18.2 Å². The van der Waals surface area contributed by atoms with Crippen LogP contribution in [0.2, 0.25) is 0 Å². The molecule has 1 saturated carbocycles. The van der Waals surface area contributed by atoms with Gasteiger partial charge in [-0.15, -0.1) is 0 Å². The summed E-state index contributed by atoms with van der Waals surface area (Å²) in [5.74, 6) is 1.82. The molecule has 6 heteroatoms. The maximum absolute atomic E-state index is 12.4. The van der Waals surface area contributed by atoms with Gasteiger partial charge in [0.25, 0.3) is 5.91 Å². The molecule has 2 fully saturated rings. The summed E-state index contributed by atoms with van der Waals surface area (Å²) < 4.78 is 11.0. The van der Waals surface area contributed by atoms with Crippen molar-refractivity contribution in [1.29, 1.82) is 0 Å². The molecule has 2 heterocycles. The lowest BCUT2D eigenvalue weighted by atomic mass is 9.66. The molecule has 1 aromatic rings. The van der Waals surface area contributed by atoms with Crippen molar-refractivity contribution in [3.05, 3.63) is 23.8 Å². The van der Waals surface area contributed by atoms with Crippen molar-refractivity contribution in [2.45, 2.75) is 57.1 Å². The molecule has 1 saturated heterocycles. The fourth-order valence-corrected chi connectivity index (χ4v) is 5.16. The second-order valence-corrected chi connectivity index (χ2v) is 8.23. The fourth-order valence-electron chi connectivity index (χ4n) is 5.16. The minimum atomic E-state index is -0.608. The molecule has 148 valence electrons. The lowest BCUT2D eigenvalue weighted by Gasteiger charge is -2.50. The van der Waals surface area contributed by atoms with Crippen molar-refractivity contribution in [2.24, 2.45) is 5.92 Å². The third kappa shape index (κ3) is 3.65. The molecule has 3 aliphatic rings. The van der Waals surface area contributed by atoms with Crippen molar-refractivity contribution in [1.82, 2.24) is 5.32 Å². The Morgan fingerprint density at radius 3 is 3.00 bits per heavy atom. The predicted octanol–water partition coefficient (Wildman–Crippen LogP) is 1.19. The number of hydrogen-bond acceptors (Lipinski definition) is 4. The Morgan fingerprint density at radius 2 is 2.15 bits per heavy atom. The molecular formula is C21H31N2O4+. The van der Waals surface area contributed by atoms with Crippen molar-refractivity contribution < 1.29 is 24.3 Å². The van der Waals surface area contributed by atoms with E-state index in [-0.39, 0.29) is 24.7 Å². The van der Waals surface area contributed by atoms with Gasteiger partial charge in [0, 0.05) is 24.4 Å². The summed E-state index contributed by atoms with van der Waals surface area (Å²) in [6.07, 6.45) is 5.82. The zero-order chi connectivity index (χ0) is 18.9. The van der Waals surface area contributed by atoms with Crippen LogP contribution in [-0.4, -0.2) is 43.0 Å². The van der Waals surface area contributed by atoms with E-state index in [1.165, 1.54) is 4.90 Å². The minimum absolute atomic E-state index is 0.0962. The number of nitrogens with one attached hydrogen (secondary N) is 2. The number of carbonyl (C=O) groups excluding carboxylic acids is 1. The first-order valence-corrected chi connectivity index (χ1v) is 10.3. The number of quaternary nitrogens is 1. The van der Waals surface area contributed by atoms with Crippen LogP contribution in [0.5, 0.6) is 11.5 Å². The summed E-state index contributed by atoms with van der Waals surface area (Å²) in [5, 5.41) is 14.3. The molecule has 4 atom stereocenters. The molecule has 1 amide bonds. The van der Waals surface area contributed by atoms with Crippen LogP contribution in [0, 0.1) is 5.92 Å². The largest absolute Gasteiger partial charge is 0.454 e. The molecule has 3 N–H and O–H groups in total. The van der Waals surface area contributed by atoms with Gasteiger partial charge in [0.15, 0.2) is 18.0 Å². The molecule has 0 aromatic heterocycles. The van der Waals surface area contributed by atoms with E-state index in [0.717, 1.165) is 62.1 Å². The number of amides is 1. The van der Waals surface area contributed by atoms with Crippen LogP contribution in [-0.2, 0) is 4.79 Å². The Kier molecular flexibility index (Phi) is 5.28. The molecule has 2 aliphatic heterocycles. The number of ether oxygens (including phenoxy) is 2. The smallest absolute Gasteiger partial charge is 0.275 e. The van der Waals surface area contributed by atoms with Crippen LogP contribution in [0.25, 0.3) is 0 Å².